The van der Waals surface area contributed by atoms with Crippen LogP contribution in [0, 0.1) is 0 Å². The molecule has 8 heteroatoms. The van der Waals surface area contributed by atoms with E-state index < -0.39 is 10.0 Å². The van der Waals surface area contributed by atoms with Gasteiger partial charge in [0, 0.05) is 11.9 Å². The van der Waals surface area contributed by atoms with Gasteiger partial charge in [0.25, 0.3) is 0 Å². The lowest BCUT2D eigenvalue weighted by atomic mass is 10.3. The number of aromatic nitrogens is 1. The molecule has 0 radical (unpaired) electrons. The zero-order chi connectivity index (χ0) is 12.2. The van der Waals surface area contributed by atoms with Crippen LogP contribution in [0.15, 0.2) is 5.38 Å². The van der Waals surface area contributed by atoms with Gasteiger partial charge in [-0.3, -0.25) is 9.52 Å². The fraction of sp³-hybridized carbons (Fsp3) is 0.500. The van der Waals surface area contributed by atoms with Crippen molar-refractivity contribution < 1.29 is 13.2 Å². The van der Waals surface area contributed by atoms with Gasteiger partial charge >= 0.3 is 0 Å². The van der Waals surface area contributed by atoms with Gasteiger partial charge in [-0.1, -0.05) is 0 Å². The average Bonchev–Trinajstić information content (AvgIpc) is 2.49. The van der Waals surface area contributed by atoms with Gasteiger partial charge in [-0.25, -0.2) is 13.4 Å². The van der Waals surface area contributed by atoms with Crippen LogP contribution in [0.3, 0.4) is 0 Å². The quantitative estimate of drug-likeness (QED) is 0.794. The highest BCUT2D eigenvalue weighted by Gasteiger charge is 2.09. The number of hydrogen-bond donors (Lipinski definition) is 2. The predicted octanol–water partition coefficient (Wildman–Crippen LogP) is 0.193. The summed E-state index contributed by atoms with van der Waals surface area (Å²) < 4.78 is 24.1. The van der Waals surface area contributed by atoms with E-state index in [1.165, 1.54) is 0 Å². The Morgan fingerprint density at radius 3 is 2.81 bits per heavy atom. The van der Waals surface area contributed by atoms with Crippen LogP contribution in [0.25, 0.3) is 0 Å². The highest BCUT2D eigenvalue weighted by atomic mass is 32.2. The highest BCUT2D eigenvalue weighted by Crippen LogP contribution is 2.16. The molecule has 1 aromatic rings. The summed E-state index contributed by atoms with van der Waals surface area (Å²) in [5.74, 6) is -0.126. The first-order chi connectivity index (χ1) is 7.40. The third kappa shape index (κ3) is 4.58. The topological polar surface area (TPSA) is 88.2 Å². The molecule has 0 atom stereocenters. The Morgan fingerprint density at radius 1 is 1.56 bits per heavy atom. The molecule has 1 amide bonds. The molecule has 2 N–H and O–H groups in total. The summed E-state index contributed by atoms with van der Waals surface area (Å²) in [5.41, 5.74) is 0.558. The number of nitrogens with zero attached hydrogens (tertiary/aromatic N) is 1. The molecule has 0 saturated heterocycles. The molecule has 0 bridgehead atoms. The largest absolute Gasteiger partial charge is 0.356 e. The summed E-state index contributed by atoms with van der Waals surface area (Å²) in [4.78, 5) is 15.2. The lowest BCUT2D eigenvalue weighted by Crippen LogP contribution is -2.24. The number of sulfonamides is 1. The zero-order valence-electron chi connectivity index (χ0n) is 8.98. The smallest absolute Gasteiger partial charge is 0.231 e. The molecule has 0 fully saturated rings. The van der Waals surface area contributed by atoms with E-state index in [1.807, 2.05) is 6.92 Å². The van der Waals surface area contributed by atoms with E-state index in [-0.39, 0.29) is 17.5 Å². The maximum atomic E-state index is 11.2. The molecule has 0 aliphatic rings. The third-order valence-corrected chi connectivity index (χ3v) is 3.04. The standard InChI is InChI=1S/C8H13N3O3S2/c1-3-9-7(12)4-6-5-15-8(10-6)11-16(2,13)14/h5H,3-4H2,1-2H3,(H,9,12)(H,10,11). The fourth-order valence-electron chi connectivity index (χ4n) is 1.02. The van der Waals surface area contributed by atoms with E-state index in [9.17, 15) is 13.2 Å². The van der Waals surface area contributed by atoms with Crippen LogP contribution in [-0.4, -0.2) is 32.1 Å². The summed E-state index contributed by atoms with van der Waals surface area (Å²) >= 11 is 1.16. The van der Waals surface area contributed by atoms with Gasteiger partial charge in [-0.15, -0.1) is 11.3 Å². The molecule has 1 aromatic heterocycles. The summed E-state index contributed by atoms with van der Waals surface area (Å²) in [6, 6.07) is 0. The number of anilines is 1. The Labute approximate surface area is 98.1 Å². The van der Waals surface area contributed by atoms with Gasteiger partial charge in [0.05, 0.1) is 18.4 Å². The summed E-state index contributed by atoms with van der Waals surface area (Å²) in [7, 11) is -3.31. The highest BCUT2D eigenvalue weighted by molar-refractivity contribution is 7.92. The van der Waals surface area contributed by atoms with Gasteiger partial charge in [0.2, 0.25) is 15.9 Å². The first kappa shape index (κ1) is 12.9. The predicted molar refractivity (Wildman–Crippen MR) is 63.0 cm³/mol. The number of carbonyl (C=O) groups is 1. The SMILES string of the molecule is CCNC(=O)Cc1csc(NS(C)(=O)=O)n1. The number of carbonyl (C=O) groups excluding carboxylic acids is 1. The third-order valence-electron chi connectivity index (χ3n) is 1.54. The van der Waals surface area contributed by atoms with Gasteiger partial charge in [0.15, 0.2) is 5.13 Å². The molecule has 1 rings (SSSR count). The van der Waals surface area contributed by atoms with Gasteiger partial charge in [-0.05, 0) is 6.92 Å². The van der Waals surface area contributed by atoms with Crippen LogP contribution in [0.2, 0.25) is 0 Å². The van der Waals surface area contributed by atoms with Crippen molar-refractivity contribution in [3.05, 3.63) is 11.1 Å². The molecule has 0 saturated carbocycles. The van der Waals surface area contributed by atoms with E-state index in [4.69, 9.17) is 0 Å². The molecule has 1 heterocycles. The minimum absolute atomic E-state index is 0.126. The van der Waals surface area contributed by atoms with Crippen molar-refractivity contribution in [1.82, 2.24) is 10.3 Å². The van der Waals surface area contributed by atoms with E-state index in [2.05, 4.69) is 15.0 Å². The second-order valence-electron chi connectivity index (χ2n) is 3.15. The van der Waals surface area contributed by atoms with Crippen LogP contribution in [0.5, 0.6) is 0 Å². The molecule has 6 nitrogen and oxygen atoms in total. The monoisotopic (exact) mass is 263 g/mol. The van der Waals surface area contributed by atoms with Crippen LogP contribution >= 0.6 is 11.3 Å². The van der Waals surface area contributed by atoms with E-state index in [0.717, 1.165) is 17.6 Å². The molecule has 0 unspecified atom stereocenters. The van der Waals surface area contributed by atoms with Crippen molar-refractivity contribution in [2.45, 2.75) is 13.3 Å². The maximum Gasteiger partial charge on any atom is 0.231 e. The molecule has 16 heavy (non-hydrogen) atoms. The number of nitrogens with one attached hydrogen (secondary N) is 2. The maximum absolute atomic E-state index is 11.2. The first-order valence-electron chi connectivity index (χ1n) is 4.59. The second-order valence-corrected chi connectivity index (χ2v) is 5.76. The average molecular weight is 263 g/mol. The minimum atomic E-state index is -3.31. The van der Waals surface area contributed by atoms with Crippen molar-refractivity contribution in [1.29, 1.82) is 0 Å². The van der Waals surface area contributed by atoms with Crippen LogP contribution in [0.4, 0.5) is 5.13 Å². The zero-order valence-corrected chi connectivity index (χ0v) is 10.6. The number of thiazole rings is 1. The lowest BCUT2D eigenvalue weighted by molar-refractivity contribution is -0.120. The second kappa shape index (κ2) is 5.26. The number of likely N-dealkylation sites (N-methyl/N-ethyl adjacent to an activating group) is 1. The van der Waals surface area contributed by atoms with Gasteiger partial charge < -0.3 is 5.32 Å². The number of amides is 1. The first-order valence-corrected chi connectivity index (χ1v) is 7.36. The number of rotatable bonds is 5. The molecule has 0 spiro atoms. The van der Waals surface area contributed by atoms with Crippen molar-refractivity contribution in [2.75, 3.05) is 17.5 Å². The van der Waals surface area contributed by atoms with Crippen molar-refractivity contribution in [3.63, 3.8) is 0 Å². The van der Waals surface area contributed by atoms with E-state index >= 15 is 0 Å². The van der Waals surface area contributed by atoms with Crippen LogP contribution < -0.4 is 10.0 Å². The normalized spacial score (nSPS) is 11.1. The Hall–Kier alpha value is -1.15. The minimum Gasteiger partial charge on any atom is -0.356 e. The lowest BCUT2D eigenvalue weighted by Gasteiger charge is -1.99. The van der Waals surface area contributed by atoms with Crippen molar-refractivity contribution in [2.24, 2.45) is 0 Å². The Balaban J connectivity index is 2.62. The molecule has 90 valence electrons. The van der Waals surface area contributed by atoms with Gasteiger partial charge in [-0.2, -0.15) is 0 Å². The fourth-order valence-corrected chi connectivity index (χ4v) is 2.58. The van der Waals surface area contributed by atoms with Crippen LogP contribution in [0.1, 0.15) is 12.6 Å². The Morgan fingerprint density at radius 2 is 2.25 bits per heavy atom. The molecule has 0 aromatic carbocycles. The summed E-state index contributed by atoms with van der Waals surface area (Å²) in [6.45, 7) is 2.40. The molecular weight excluding hydrogens is 250 g/mol. The molecular formula is C8H13N3O3S2. The van der Waals surface area contributed by atoms with Crippen LogP contribution in [-0.2, 0) is 21.2 Å². The molecule has 0 aliphatic heterocycles. The van der Waals surface area contributed by atoms with Crippen molar-refractivity contribution in [3.8, 4) is 0 Å². The Kier molecular flexibility index (Phi) is 4.25. The summed E-state index contributed by atoms with van der Waals surface area (Å²) in [5, 5.41) is 4.57. The van der Waals surface area contributed by atoms with E-state index in [1.54, 1.807) is 5.38 Å². The van der Waals surface area contributed by atoms with Gasteiger partial charge in [0.1, 0.15) is 0 Å². The Bertz CT molecular complexity index is 467. The number of hydrogen-bond acceptors (Lipinski definition) is 5. The summed E-state index contributed by atoms with van der Waals surface area (Å²) in [6.07, 6.45) is 1.22. The van der Waals surface area contributed by atoms with Crippen molar-refractivity contribution >= 4 is 32.4 Å². The molecule has 0 aliphatic carbocycles. The van der Waals surface area contributed by atoms with E-state index in [0.29, 0.717) is 12.2 Å².